The van der Waals surface area contributed by atoms with E-state index in [9.17, 15) is 14.4 Å². The largest absolute Gasteiger partial charge is 0.354 e. The molecule has 19 heavy (non-hydrogen) atoms. The Kier molecular flexibility index (Phi) is 3.94. The highest BCUT2D eigenvalue weighted by Gasteiger charge is 2.34. The molecule has 0 bridgehead atoms. The first-order valence-electron chi connectivity index (χ1n) is 6.37. The Balaban J connectivity index is 1.95. The van der Waals surface area contributed by atoms with E-state index in [1.807, 2.05) is 6.92 Å². The van der Waals surface area contributed by atoms with Crippen LogP contribution < -0.4 is 5.32 Å². The summed E-state index contributed by atoms with van der Waals surface area (Å²) in [5.41, 5.74) is 0.875. The minimum absolute atomic E-state index is 0.0564. The lowest BCUT2D eigenvalue weighted by atomic mass is 10.1. The van der Waals surface area contributed by atoms with Crippen LogP contribution in [0.5, 0.6) is 0 Å². The number of imide groups is 1. The molecule has 0 aromatic heterocycles. The summed E-state index contributed by atoms with van der Waals surface area (Å²) < 4.78 is 0. The van der Waals surface area contributed by atoms with Crippen LogP contribution in [0.2, 0.25) is 0 Å². The van der Waals surface area contributed by atoms with E-state index in [1.54, 1.807) is 24.3 Å². The van der Waals surface area contributed by atoms with E-state index < -0.39 is 0 Å². The van der Waals surface area contributed by atoms with E-state index in [1.165, 1.54) is 4.90 Å². The SMILES string of the molecule is CCCC(=O)NCCN1C(=O)c2ccccc2C1=O. The van der Waals surface area contributed by atoms with Gasteiger partial charge in [-0.3, -0.25) is 19.3 Å². The maximum absolute atomic E-state index is 12.0. The fourth-order valence-electron chi connectivity index (χ4n) is 2.06. The van der Waals surface area contributed by atoms with Crippen molar-refractivity contribution < 1.29 is 14.4 Å². The normalized spacial score (nSPS) is 13.6. The molecule has 3 amide bonds. The minimum atomic E-state index is -0.287. The second-order valence-electron chi connectivity index (χ2n) is 4.41. The van der Waals surface area contributed by atoms with Gasteiger partial charge in [0.15, 0.2) is 0 Å². The van der Waals surface area contributed by atoms with E-state index in [4.69, 9.17) is 0 Å². The highest BCUT2D eigenvalue weighted by molar-refractivity contribution is 6.21. The molecule has 2 rings (SSSR count). The zero-order valence-corrected chi connectivity index (χ0v) is 10.8. The molecule has 1 aliphatic heterocycles. The Morgan fingerprint density at radius 3 is 2.26 bits per heavy atom. The lowest BCUT2D eigenvalue weighted by Crippen LogP contribution is -2.38. The summed E-state index contributed by atoms with van der Waals surface area (Å²) in [5.74, 6) is -0.630. The Labute approximate surface area is 111 Å². The van der Waals surface area contributed by atoms with Crippen molar-refractivity contribution in [3.05, 3.63) is 35.4 Å². The van der Waals surface area contributed by atoms with Crippen molar-refractivity contribution in [2.24, 2.45) is 0 Å². The third-order valence-corrected chi connectivity index (χ3v) is 3.01. The van der Waals surface area contributed by atoms with E-state index in [2.05, 4.69) is 5.32 Å². The molecule has 0 atom stereocenters. The van der Waals surface area contributed by atoms with Gasteiger partial charge in [-0.15, -0.1) is 0 Å². The highest BCUT2D eigenvalue weighted by Crippen LogP contribution is 2.21. The molecule has 0 unspecified atom stereocenters. The first kappa shape index (κ1) is 13.3. The van der Waals surface area contributed by atoms with Crippen LogP contribution in [0, 0.1) is 0 Å². The maximum Gasteiger partial charge on any atom is 0.261 e. The van der Waals surface area contributed by atoms with Gasteiger partial charge in [0.25, 0.3) is 11.8 Å². The van der Waals surface area contributed by atoms with Crippen LogP contribution in [0.3, 0.4) is 0 Å². The van der Waals surface area contributed by atoms with Crippen LogP contribution in [0.25, 0.3) is 0 Å². The van der Waals surface area contributed by atoms with Gasteiger partial charge in [0.1, 0.15) is 0 Å². The van der Waals surface area contributed by atoms with Crippen molar-refractivity contribution in [1.29, 1.82) is 0 Å². The van der Waals surface area contributed by atoms with Crippen molar-refractivity contribution in [1.82, 2.24) is 10.2 Å². The summed E-state index contributed by atoms with van der Waals surface area (Å²) in [6.07, 6.45) is 1.24. The molecule has 1 aliphatic rings. The van der Waals surface area contributed by atoms with Gasteiger partial charge in [0, 0.05) is 19.5 Å². The van der Waals surface area contributed by atoms with Gasteiger partial charge in [-0.2, -0.15) is 0 Å². The number of hydrogen-bond acceptors (Lipinski definition) is 3. The molecular formula is C14H16N2O3. The molecule has 1 aromatic rings. The summed E-state index contributed by atoms with van der Waals surface area (Å²) in [7, 11) is 0. The van der Waals surface area contributed by atoms with Crippen molar-refractivity contribution in [2.45, 2.75) is 19.8 Å². The summed E-state index contributed by atoms with van der Waals surface area (Å²) in [6.45, 7) is 2.43. The van der Waals surface area contributed by atoms with Gasteiger partial charge in [0.05, 0.1) is 11.1 Å². The van der Waals surface area contributed by atoms with Crippen molar-refractivity contribution in [3.63, 3.8) is 0 Å². The zero-order chi connectivity index (χ0) is 13.8. The molecule has 0 saturated carbocycles. The number of carbonyl (C=O) groups excluding carboxylic acids is 3. The summed E-state index contributed by atoms with van der Waals surface area (Å²) in [4.78, 5) is 36.5. The summed E-state index contributed by atoms with van der Waals surface area (Å²) in [6, 6.07) is 6.75. The van der Waals surface area contributed by atoms with Crippen molar-refractivity contribution >= 4 is 17.7 Å². The number of nitrogens with one attached hydrogen (secondary N) is 1. The van der Waals surface area contributed by atoms with Crippen LogP contribution in [0.15, 0.2) is 24.3 Å². The number of nitrogens with zero attached hydrogens (tertiary/aromatic N) is 1. The Morgan fingerprint density at radius 2 is 1.74 bits per heavy atom. The third-order valence-electron chi connectivity index (χ3n) is 3.01. The standard InChI is InChI=1S/C14H16N2O3/c1-2-5-12(17)15-8-9-16-13(18)10-6-3-4-7-11(10)14(16)19/h3-4,6-7H,2,5,8-9H2,1H3,(H,15,17). The van der Waals surface area contributed by atoms with Gasteiger partial charge >= 0.3 is 0 Å². The van der Waals surface area contributed by atoms with E-state index >= 15 is 0 Å². The predicted octanol–water partition coefficient (Wildman–Crippen LogP) is 1.20. The molecule has 1 heterocycles. The average molecular weight is 260 g/mol. The number of benzene rings is 1. The smallest absolute Gasteiger partial charge is 0.261 e. The molecule has 0 fully saturated rings. The van der Waals surface area contributed by atoms with Crippen LogP contribution in [-0.4, -0.2) is 35.7 Å². The molecule has 0 spiro atoms. The zero-order valence-electron chi connectivity index (χ0n) is 10.8. The maximum atomic E-state index is 12.0. The summed E-state index contributed by atoms with van der Waals surface area (Å²) >= 11 is 0. The fraction of sp³-hybridized carbons (Fsp3) is 0.357. The second kappa shape index (κ2) is 5.65. The van der Waals surface area contributed by atoms with Crippen LogP contribution in [0.4, 0.5) is 0 Å². The molecular weight excluding hydrogens is 244 g/mol. The average Bonchev–Trinajstić information content (AvgIpc) is 2.65. The molecule has 0 radical (unpaired) electrons. The van der Waals surface area contributed by atoms with Gasteiger partial charge in [-0.1, -0.05) is 19.1 Å². The molecule has 0 aliphatic carbocycles. The van der Waals surface area contributed by atoms with Gasteiger partial charge in [-0.05, 0) is 18.6 Å². The summed E-state index contributed by atoms with van der Waals surface area (Å²) in [5, 5.41) is 2.69. The first-order chi connectivity index (χ1) is 9.15. The van der Waals surface area contributed by atoms with Gasteiger partial charge in [0.2, 0.25) is 5.91 Å². The molecule has 5 heteroatoms. The monoisotopic (exact) mass is 260 g/mol. The number of hydrogen-bond donors (Lipinski definition) is 1. The Bertz CT molecular complexity index is 490. The van der Waals surface area contributed by atoms with E-state index in [0.29, 0.717) is 24.1 Å². The molecule has 100 valence electrons. The Hall–Kier alpha value is -2.17. The fourth-order valence-corrected chi connectivity index (χ4v) is 2.06. The molecule has 1 N–H and O–H groups in total. The van der Waals surface area contributed by atoms with E-state index in [-0.39, 0.29) is 24.3 Å². The lowest BCUT2D eigenvalue weighted by Gasteiger charge is -2.14. The highest BCUT2D eigenvalue weighted by atomic mass is 16.2. The first-order valence-corrected chi connectivity index (χ1v) is 6.37. The lowest BCUT2D eigenvalue weighted by molar-refractivity contribution is -0.121. The van der Waals surface area contributed by atoms with Crippen molar-refractivity contribution in [2.75, 3.05) is 13.1 Å². The molecule has 0 saturated heterocycles. The minimum Gasteiger partial charge on any atom is -0.354 e. The number of fused-ring (bicyclic) bond motifs is 1. The van der Waals surface area contributed by atoms with Crippen LogP contribution in [-0.2, 0) is 4.79 Å². The van der Waals surface area contributed by atoms with Gasteiger partial charge in [-0.25, -0.2) is 0 Å². The number of rotatable bonds is 5. The third kappa shape index (κ3) is 2.65. The second-order valence-corrected chi connectivity index (χ2v) is 4.41. The Morgan fingerprint density at radius 1 is 1.16 bits per heavy atom. The quantitative estimate of drug-likeness (QED) is 0.809. The van der Waals surface area contributed by atoms with Gasteiger partial charge < -0.3 is 5.32 Å². The van der Waals surface area contributed by atoms with Crippen molar-refractivity contribution in [3.8, 4) is 0 Å². The predicted molar refractivity (Wildman–Crippen MR) is 69.7 cm³/mol. The topological polar surface area (TPSA) is 66.5 Å². The number of amides is 3. The molecule has 1 aromatic carbocycles. The molecule has 5 nitrogen and oxygen atoms in total. The number of carbonyl (C=O) groups is 3. The van der Waals surface area contributed by atoms with Crippen LogP contribution >= 0.6 is 0 Å². The van der Waals surface area contributed by atoms with Crippen LogP contribution in [0.1, 0.15) is 40.5 Å². The van der Waals surface area contributed by atoms with E-state index in [0.717, 1.165) is 6.42 Å².